The minimum atomic E-state index is -0.678. The average Bonchev–Trinajstić information content (AvgIpc) is 2.05. The fourth-order valence-corrected chi connectivity index (χ4v) is 1.58. The van der Waals surface area contributed by atoms with Crippen LogP contribution < -0.4 is 10.5 Å². The van der Waals surface area contributed by atoms with Gasteiger partial charge in [-0.1, -0.05) is 15.9 Å². The van der Waals surface area contributed by atoms with E-state index in [1.54, 1.807) is 12.1 Å². The first-order valence-electron chi connectivity index (χ1n) is 4.62. The molecule has 0 unspecified atom stereocenters. The topological polar surface area (TPSA) is 56.9 Å². The van der Waals surface area contributed by atoms with E-state index >= 15 is 0 Å². The Balaban J connectivity index is 3.06. The van der Waals surface area contributed by atoms with Crippen molar-refractivity contribution in [3.63, 3.8) is 0 Å². The summed E-state index contributed by atoms with van der Waals surface area (Å²) in [7, 11) is 0. The second kappa shape index (κ2) is 4.49. The molecular weight excluding hydrogens is 260 g/mol. The molecule has 0 radical (unpaired) electrons. The molecule has 84 valence electrons. The largest absolute Gasteiger partial charge is 0.375 e. The molecule has 4 N–H and O–H groups in total. The quantitative estimate of drug-likeness (QED) is 0.624. The third kappa shape index (κ3) is 3.79. The summed E-state index contributed by atoms with van der Waals surface area (Å²) in [5.74, 6) is 0. The van der Waals surface area contributed by atoms with Crippen LogP contribution in [-0.2, 0) is 0 Å². The molecule has 0 bridgehead atoms. The molecule has 0 saturated carbocycles. The van der Waals surface area contributed by atoms with Gasteiger partial charge in [-0.15, -0.1) is 0 Å². The minimum absolute atomic E-state index is 0.127. The molecule has 0 heterocycles. The van der Waals surface area contributed by atoms with E-state index in [2.05, 4.69) is 21.2 Å². The molecule has 0 aliphatic rings. The predicted octanol–water partition coefficient (Wildman–Crippen LogP) is 1.95. The number of anilines is 1. The van der Waals surface area contributed by atoms with Gasteiger partial charge in [0.05, 0.1) is 0 Å². The van der Waals surface area contributed by atoms with Crippen molar-refractivity contribution in [3.05, 3.63) is 22.7 Å². The van der Waals surface area contributed by atoms with Crippen LogP contribution in [0.15, 0.2) is 22.7 Å². The zero-order valence-corrected chi connectivity index (χ0v) is 10.6. The fourth-order valence-electron chi connectivity index (χ4n) is 1.21. The van der Waals surface area contributed by atoms with Crippen LogP contribution in [0.2, 0.25) is 0 Å². The number of hydrogen-bond donors (Lipinski definition) is 4. The molecule has 1 aromatic carbocycles. The van der Waals surface area contributed by atoms with Crippen molar-refractivity contribution in [1.29, 1.82) is 0 Å². The summed E-state index contributed by atoms with van der Waals surface area (Å²) in [6, 6.07) is 5.31. The van der Waals surface area contributed by atoms with E-state index in [9.17, 15) is 0 Å². The van der Waals surface area contributed by atoms with Crippen LogP contribution in [0, 0.1) is 0 Å². The molecule has 1 rings (SSSR count). The predicted molar refractivity (Wildman–Crippen MR) is 61.7 cm³/mol. The van der Waals surface area contributed by atoms with Crippen LogP contribution in [0.25, 0.3) is 0 Å². The van der Waals surface area contributed by atoms with Gasteiger partial charge in [-0.25, -0.2) is 0 Å². The van der Waals surface area contributed by atoms with Crippen molar-refractivity contribution in [2.45, 2.75) is 26.3 Å². The van der Waals surface area contributed by atoms with Gasteiger partial charge in [0.2, 0.25) is 5.69 Å². The van der Waals surface area contributed by atoms with E-state index in [1.807, 2.05) is 26.8 Å². The summed E-state index contributed by atoms with van der Waals surface area (Å²) in [5, 5.41) is 20.8. The summed E-state index contributed by atoms with van der Waals surface area (Å²) in [5.41, 5.74) is 0.961. The highest BCUT2D eigenvalue weighted by Crippen LogP contribution is 2.25. The molecular formula is C10H16BrN2O2+. The van der Waals surface area contributed by atoms with E-state index in [1.165, 1.54) is 0 Å². The maximum atomic E-state index is 9.14. The van der Waals surface area contributed by atoms with Gasteiger partial charge in [-0.2, -0.15) is 10.4 Å². The van der Waals surface area contributed by atoms with Crippen LogP contribution in [0.4, 0.5) is 11.4 Å². The van der Waals surface area contributed by atoms with E-state index in [-0.39, 0.29) is 5.54 Å². The smallest absolute Gasteiger partial charge is 0.221 e. The molecule has 4 nitrogen and oxygen atoms in total. The lowest BCUT2D eigenvalue weighted by Crippen LogP contribution is -3.02. The number of hydrogen-bond acceptors (Lipinski definition) is 3. The molecule has 0 aliphatic heterocycles. The van der Waals surface area contributed by atoms with Crippen molar-refractivity contribution < 1.29 is 15.6 Å². The number of quaternary nitrogens is 1. The zero-order valence-electron chi connectivity index (χ0n) is 9.00. The lowest BCUT2D eigenvalue weighted by molar-refractivity contribution is -1.19. The van der Waals surface area contributed by atoms with E-state index in [0.717, 1.165) is 4.47 Å². The molecule has 0 saturated heterocycles. The lowest BCUT2D eigenvalue weighted by atomic mass is 10.1. The molecule has 0 amide bonds. The Kier molecular flexibility index (Phi) is 3.72. The highest BCUT2D eigenvalue weighted by molar-refractivity contribution is 9.10. The maximum absolute atomic E-state index is 9.14. The number of benzene rings is 1. The molecule has 15 heavy (non-hydrogen) atoms. The van der Waals surface area contributed by atoms with E-state index in [0.29, 0.717) is 11.4 Å². The normalized spacial score (nSPS) is 11.9. The van der Waals surface area contributed by atoms with E-state index in [4.69, 9.17) is 10.4 Å². The van der Waals surface area contributed by atoms with Crippen LogP contribution in [-0.4, -0.2) is 16.0 Å². The molecule has 0 aromatic heterocycles. The van der Waals surface area contributed by atoms with Crippen molar-refractivity contribution in [2.24, 2.45) is 0 Å². The Bertz CT molecular complexity index is 348. The van der Waals surface area contributed by atoms with Crippen LogP contribution in [0.1, 0.15) is 20.8 Å². The number of nitrogens with one attached hydrogen (secondary N) is 2. The van der Waals surface area contributed by atoms with Crippen molar-refractivity contribution in [1.82, 2.24) is 0 Å². The van der Waals surface area contributed by atoms with Crippen molar-refractivity contribution in [2.75, 3.05) is 5.32 Å². The third-order valence-electron chi connectivity index (χ3n) is 1.73. The summed E-state index contributed by atoms with van der Waals surface area (Å²) < 4.78 is 0.803. The Labute approximate surface area is 97.6 Å². The molecule has 0 atom stereocenters. The van der Waals surface area contributed by atoms with Gasteiger partial charge < -0.3 is 5.32 Å². The molecule has 0 spiro atoms. The fraction of sp³-hybridized carbons (Fsp3) is 0.400. The van der Waals surface area contributed by atoms with Gasteiger partial charge in [0, 0.05) is 16.1 Å². The third-order valence-corrected chi connectivity index (χ3v) is 2.23. The highest BCUT2D eigenvalue weighted by atomic mass is 79.9. The first kappa shape index (κ1) is 12.4. The summed E-state index contributed by atoms with van der Waals surface area (Å²) >= 11 is 3.28. The van der Waals surface area contributed by atoms with Crippen molar-refractivity contribution >= 4 is 27.3 Å². The van der Waals surface area contributed by atoms with Gasteiger partial charge in [-0.05, 0) is 38.1 Å². The maximum Gasteiger partial charge on any atom is 0.221 e. The molecule has 5 heteroatoms. The van der Waals surface area contributed by atoms with Gasteiger partial charge in [0.1, 0.15) is 5.69 Å². The Hall–Kier alpha value is -0.620. The molecule has 0 fully saturated rings. The van der Waals surface area contributed by atoms with Crippen molar-refractivity contribution in [3.8, 4) is 0 Å². The summed E-state index contributed by atoms with van der Waals surface area (Å²) in [4.78, 5) is 0. The minimum Gasteiger partial charge on any atom is -0.375 e. The first-order valence-corrected chi connectivity index (χ1v) is 5.42. The Morgan fingerprint density at radius 1 is 1.27 bits per heavy atom. The second-order valence-corrected chi connectivity index (χ2v) is 5.30. The molecule has 0 aliphatic carbocycles. The van der Waals surface area contributed by atoms with Crippen LogP contribution in [0.3, 0.4) is 0 Å². The second-order valence-electron chi connectivity index (χ2n) is 4.39. The van der Waals surface area contributed by atoms with Gasteiger partial charge >= 0.3 is 0 Å². The standard InChI is InChI=1S/C10H15BrN2O2/c1-10(2,3)12-8-5-4-7(11)6-9(8)13(14)15/h4-6,12,14-15H,1-3H3/p+1. The van der Waals surface area contributed by atoms with E-state index < -0.39 is 5.23 Å². The van der Waals surface area contributed by atoms with Gasteiger partial charge in [-0.3, -0.25) is 0 Å². The Morgan fingerprint density at radius 2 is 1.87 bits per heavy atom. The summed E-state index contributed by atoms with van der Waals surface area (Å²) in [6.45, 7) is 6.02. The van der Waals surface area contributed by atoms with Crippen LogP contribution >= 0.6 is 15.9 Å². The number of halogens is 1. The monoisotopic (exact) mass is 275 g/mol. The summed E-state index contributed by atoms with van der Waals surface area (Å²) in [6.07, 6.45) is 0. The van der Waals surface area contributed by atoms with Gasteiger partial charge in [0.15, 0.2) is 0 Å². The zero-order chi connectivity index (χ0) is 11.6. The number of rotatable bonds is 2. The highest BCUT2D eigenvalue weighted by Gasteiger charge is 2.18. The average molecular weight is 276 g/mol. The Morgan fingerprint density at radius 3 is 2.33 bits per heavy atom. The SMILES string of the molecule is CC(C)(C)Nc1ccc(Br)cc1[NH+](O)O. The lowest BCUT2D eigenvalue weighted by Gasteiger charge is -2.23. The molecule has 1 aromatic rings. The van der Waals surface area contributed by atoms with Gasteiger partial charge in [0.25, 0.3) is 0 Å². The van der Waals surface area contributed by atoms with Crippen LogP contribution in [0.5, 0.6) is 0 Å². The first-order chi connectivity index (χ1) is 6.79.